The van der Waals surface area contributed by atoms with E-state index >= 15 is 0 Å². The third-order valence-corrected chi connectivity index (χ3v) is 5.81. The first kappa shape index (κ1) is 21.1. The van der Waals surface area contributed by atoms with Gasteiger partial charge in [-0.25, -0.2) is 4.68 Å². The van der Waals surface area contributed by atoms with E-state index < -0.39 is 12.0 Å². The van der Waals surface area contributed by atoms with Crippen LogP contribution in [0.15, 0.2) is 59.5 Å². The van der Waals surface area contributed by atoms with Gasteiger partial charge in [-0.05, 0) is 50.6 Å². The van der Waals surface area contributed by atoms with Crippen LogP contribution in [0, 0.1) is 19.8 Å². The minimum atomic E-state index is -0.636. The molecule has 2 heterocycles. The third kappa shape index (κ3) is 4.07. The molecule has 2 aromatic carbocycles. The molecule has 3 aromatic rings. The van der Waals surface area contributed by atoms with Gasteiger partial charge in [-0.2, -0.15) is 10.1 Å². The number of halogens is 1. The highest BCUT2D eigenvalue weighted by molar-refractivity contribution is 9.10. The number of ether oxygens (including phenoxy) is 1. The normalized spacial score (nSPS) is 17.6. The first-order valence-corrected chi connectivity index (χ1v) is 10.8. The molecule has 0 saturated heterocycles. The second kappa shape index (κ2) is 8.55. The maximum absolute atomic E-state index is 13.6. The molecule has 0 spiro atoms. The van der Waals surface area contributed by atoms with E-state index in [0.29, 0.717) is 24.0 Å². The molecule has 160 valence electrons. The Hall–Kier alpha value is -3.13. The molecule has 0 aliphatic carbocycles. The fourth-order valence-corrected chi connectivity index (χ4v) is 4.29. The zero-order valence-electron chi connectivity index (χ0n) is 17.6. The molecule has 2 atom stereocenters. The first-order valence-electron chi connectivity index (χ1n) is 10.0. The Morgan fingerprint density at radius 2 is 2.10 bits per heavy atom. The molecule has 8 heteroatoms. The van der Waals surface area contributed by atoms with Crippen LogP contribution >= 0.6 is 15.9 Å². The lowest BCUT2D eigenvalue weighted by Crippen LogP contribution is -2.39. The summed E-state index contributed by atoms with van der Waals surface area (Å²) < 4.78 is 8.48. The van der Waals surface area contributed by atoms with Gasteiger partial charge in [0.1, 0.15) is 24.0 Å². The van der Waals surface area contributed by atoms with Crippen molar-refractivity contribution in [2.45, 2.75) is 26.8 Å². The van der Waals surface area contributed by atoms with Crippen molar-refractivity contribution < 1.29 is 9.53 Å². The Bertz CT molecular complexity index is 1160. The smallest absolute Gasteiger partial charge is 0.235 e. The predicted octanol–water partition coefficient (Wildman–Crippen LogP) is 4.84. The molecule has 0 fully saturated rings. The van der Waals surface area contributed by atoms with Crippen LogP contribution < -0.4 is 15.4 Å². The predicted molar refractivity (Wildman–Crippen MR) is 124 cm³/mol. The number of aryl methyl sites for hydroxylation is 2. The minimum Gasteiger partial charge on any atom is -0.494 e. The Morgan fingerprint density at radius 1 is 1.29 bits per heavy atom. The Kier molecular flexibility index (Phi) is 5.82. The minimum absolute atomic E-state index is 0.182. The van der Waals surface area contributed by atoms with Crippen molar-refractivity contribution in [2.24, 2.45) is 5.92 Å². The second-order valence-corrected chi connectivity index (χ2v) is 8.44. The van der Waals surface area contributed by atoms with Crippen LogP contribution in [0.5, 0.6) is 5.75 Å². The topological polar surface area (TPSA) is 81.1 Å². The number of nitrogens with zero attached hydrogens (tertiary/aromatic N) is 3. The average Bonchev–Trinajstić information content (AvgIpc) is 3.18. The van der Waals surface area contributed by atoms with Gasteiger partial charge in [0, 0.05) is 21.4 Å². The molecule has 1 aliphatic rings. The van der Waals surface area contributed by atoms with E-state index in [9.17, 15) is 4.79 Å². The molecular formula is C23H24BrN5O2. The molecule has 31 heavy (non-hydrogen) atoms. The lowest BCUT2D eigenvalue weighted by Gasteiger charge is -2.34. The van der Waals surface area contributed by atoms with Crippen LogP contribution in [0.1, 0.15) is 29.7 Å². The maximum Gasteiger partial charge on any atom is 0.235 e. The summed E-state index contributed by atoms with van der Waals surface area (Å²) in [7, 11) is 0. The molecule has 1 aromatic heterocycles. The van der Waals surface area contributed by atoms with Gasteiger partial charge in [-0.15, -0.1) is 0 Å². The maximum atomic E-state index is 13.6. The van der Waals surface area contributed by atoms with Gasteiger partial charge in [0.2, 0.25) is 11.9 Å². The van der Waals surface area contributed by atoms with Crippen molar-refractivity contribution in [1.82, 2.24) is 14.8 Å². The summed E-state index contributed by atoms with van der Waals surface area (Å²) in [6.45, 7) is 10.6. The second-order valence-electron chi connectivity index (χ2n) is 7.52. The van der Waals surface area contributed by atoms with Crippen molar-refractivity contribution in [3.63, 3.8) is 0 Å². The van der Waals surface area contributed by atoms with Crippen molar-refractivity contribution in [3.05, 3.63) is 76.2 Å². The van der Waals surface area contributed by atoms with Crippen LogP contribution in [0.4, 0.5) is 11.6 Å². The molecule has 1 amide bonds. The number of rotatable bonds is 5. The molecular weight excluding hydrogens is 458 g/mol. The largest absolute Gasteiger partial charge is 0.494 e. The Morgan fingerprint density at radius 3 is 2.84 bits per heavy atom. The molecule has 2 N–H and O–H groups in total. The summed E-state index contributed by atoms with van der Waals surface area (Å²) in [5, 5.41) is 10.6. The number of carbonyl (C=O) groups is 1. The Labute approximate surface area is 189 Å². The van der Waals surface area contributed by atoms with Gasteiger partial charge < -0.3 is 15.4 Å². The Balaban J connectivity index is 1.79. The number of amides is 1. The summed E-state index contributed by atoms with van der Waals surface area (Å²) in [4.78, 5) is 17.8. The fraction of sp³-hybridized carbons (Fsp3) is 0.261. The van der Waals surface area contributed by atoms with E-state index in [2.05, 4.69) is 43.2 Å². The molecule has 0 bridgehead atoms. The zero-order chi connectivity index (χ0) is 22.1. The quantitative estimate of drug-likeness (QED) is 0.544. The highest BCUT2D eigenvalue weighted by Gasteiger charge is 2.41. The van der Waals surface area contributed by atoms with Crippen molar-refractivity contribution >= 4 is 33.5 Å². The van der Waals surface area contributed by atoms with Crippen LogP contribution in [-0.2, 0) is 4.79 Å². The molecule has 1 aliphatic heterocycles. The molecule has 0 saturated carbocycles. The van der Waals surface area contributed by atoms with Crippen LogP contribution in [0.2, 0.25) is 0 Å². The molecule has 4 rings (SSSR count). The number of anilines is 2. The van der Waals surface area contributed by atoms with Crippen molar-refractivity contribution in [1.29, 1.82) is 0 Å². The summed E-state index contributed by atoms with van der Waals surface area (Å²) in [6.07, 6.45) is 1.46. The van der Waals surface area contributed by atoms with E-state index in [0.717, 1.165) is 26.9 Å². The van der Waals surface area contributed by atoms with E-state index in [-0.39, 0.29) is 5.91 Å². The van der Waals surface area contributed by atoms with Crippen molar-refractivity contribution in [3.8, 4) is 5.75 Å². The summed E-state index contributed by atoms with van der Waals surface area (Å²) >= 11 is 3.55. The number of fused-ring (bicyclic) bond motifs is 1. The van der Waals surface area contributed by atoms with E-state index in [4.69, 9.17) is 4.74 Å². The molecule has 7 nitrogen and oxygen atoms in total. The van der Waals surface area contributed by atoms with Gasteiger partial charge in [-0.3, -0.25) is 4.79 Å². The SMILES string of the molecule is C=C1Nc2ncnn2C(c2cc(Br)ccc2OCC)C1C(=O)Nc1ccc(C)cc1C. The van der Waals surface area contributed by atoms with Gasteiger partial charge in [0.15, 0.2) is 0 Å². The van der Waals surface area contributed by atoms with Gasteiger partial charge in [-0.1, -0.05) is 40.2 Å². The summed E-state index contributed by atoms with van der Waals surface area (Å²) in [5.74, 6) is 0.408. The zero-order valence-corrected chi connectivity index (χ0v) is 19.2. The number of nitrogens with one attached hydrogen (secondary N) is 2. The number of benzene rings is 2. The average molecular weight is 482 g/mol. The van der Waals surface area contributed by atoms with Crippen molar-refractivity contribution in [2.75, 3.05) is 17.2 Å². The number of aromatic nitrogens is 3. The van der Waals surface area contributed by atoms with Crippen LogP contribution in [0.25, 0.3) is 0 Å². The third-order valence-electron chi connectivity index (χ3n) is 5.31. The van der Waals surface area contributed by atoms with Gasteiger partial charge in [0.05, 0.1) is 6.61 Å². The lowest BCUT2D eigenvalue weighted by molar-refractivity contribution is -0.119. The fourth-order valence-electron chi connectivity index (χ4n) is 3.91. The number of hydrogen-bond acceptors (Lipinski definition) is 5. The molecule has 2 unspecified atom stereocenters. The number of hydrogen-bond donors (Lipinski definition) is 2. The summed E-state index contributed by atoms with van der Waals surface area (Å²) in [5.41, 5.74) is 4.28. The van der Waals surface area contributed by atoms with E-state index in [1.165, 1.54) is 6.33 Å². The highest BCUT2D eigenvalue weighted by Crippen LogP contribution is 2.42. The van der Waals surface area contributed by atoms with Gasteiger partial charge in [0.25, 0.3) is 0 Å². The first-order chi connectivity index (χ1) is 14.9. The van der Waals surface area contributed by atoms with Gasteiger partial charge >= 0.3 is 0 Å². The summed E-state index contributed by atoms with van der Waals surface area (Å²) in [6, 6.07) is 11.2. The van der Waals surface area contributed by atoms with Crippen LogP contribution in [0.3, 0.4) is 0 Å². The standard InChI is InChI=1S/C23H24BrN5O2/c1-5-31-19-9-7-16(24)11-17(19)21-20(15(4)27-23-25-12-26-29(21)23)22(30)28-18-8-6-13(2)10-14(18)3/h6-12,20-21H,4-5H2,1-3H3,(H,28,30)(H,25,26,27). The molecule has 0 radical (unpaired) electrons. The van der Waals surface area contributed by atoms with Crippen LogP contribution in [-0.4, -0.2) is 27.3 Å². The monoisotopic (exact) mass is 481 g/mol. The lowest BCUT2D eigenvalue weighted by atomic mass is 9.87. The highest BCUT2D eigenvalue weighted by atomic mass is 79.9. The van der Waals surface area contributed by atoms with E-state index in [1.54, 1.807) is 4.68 Å². The van der Waals surface area contributed by atoms with E-state index in [1.807, 2.05) is 57.2 Å². The number of carbonyl (C=O) groups excluding carboxylic acids is 1.